The van der Waals surface area contributed by atoms with Crippen LogP contribution in [0.2, 0.25) is 0 Å². The molecule has 2 aromatic heterocycles. The molecule has 0 bridgehead atoms. The van der Waals surface area contributed by atoms with Gasteiger partial charge in [0.15, 0.2) is 5.82 Å². The van der Waals surface area contributed by atoms with Gasteiger partial charge in [0.05, 0.1) is 27.0 Å². The van der Waals surface area contributed by atoms with Crippen molar-refractivity contribution < 1.29 is 8.60 Å². The maximum atomic E-state index is 15.6. The van der Waals surface area contributed by atoms with Crippen molar-refractivity contribution in [1.82, 2.24) is 19.9 Å². The molecular formula is C24H31FN6OS2. The summed E-state index contributed by atoms with van der Waals surface area (Å²) in [6, 6.07) is 7.35. The smallest absolute Gasteiger partial charge is 0.220 e. The second-order valence-electron chi connectivity index (χ2n) is 8.75. The Bertz CT molecular complexity index is 1160. The summed E-state index contributed by atoms with van der Waals surface area (Å²) in [4.78, 5) is 16.6. The van der Waals surface area contributed by atoms with E-state index in [0.717, 1.165) is 42.2 Å². The maximum Gasteiger partial charge on any atom is 0.220 e. The average Bonchev–Trinajstić information content (AvgIpc) is 3.26. The van der Waals surface area contributed by atoms with Gasteiger partial charge < -0.3 is 15.4 Å². The SMILES string of the molecule is CCCS(=O)Nc1cccc(-c2nc(C3CCN(C(C)C)CC3)sc2-c2ccnc(N)n2)c1F. The molecule has 34 heavy (non-hydrogen) atoms. The lowest BCUT2D eigenvalue weighted by Crippen LogP contribution is -2.37. The Hall–Kier alpha value is -2.43. The van der Waals surface area contributed by atoms with E-state index in [1.807, 2.05) is 6.92 Å². The molecule has 3 N–H and O–H groups in total. The second-order valence-corrected chi connectivity index (χ2v) is 11.1. The number of rotatable bonds is 8. The highest BCUT2D eigenvalue weighted by atomic mass is 32.2. The minimum absolute atomic E-state index is 0.162. The average molecular weight is 503 g/mol. The molecule has 0 radical (unpaired) electrons. The van der Waals surface area contributed by atoms with Gasteiger partial charge in [-0.15, -0.1) is 11.3 Å². The van der Waals surface area contributed by atoms with Gasteiger partial charge in [0.25, 0.3) is 0 Å². The van der Waals surface area contributed by atoms with E-state index in [4.69, 9.17) is 10.7 Å². The summed E-state index contributed by atoms with van der Waals surface area (Å²) >= 11 is 1.55. The zero-order valence-electron chi connectivity index (χ0n) is 19.8. The van der Waals surface area contributed by atoms with Crippen molar-refractivity contribution in [2.75, 3.05) is 29.3 Å². The number of hydrogen-bond donors (Lipinski definition) is 2. The lowest BCUT2D eigenvalue weighted by atomic mass is 9.96. The Morgan fingerprint density at radius 2 is 2.03 bits per heavy atom. The molecule has 182 valence electrons. The van der Waals surface area contributed by atoms with Crippen LogP contribution in [0.25, 0.3) is 21.8 Å². The van der Waals surface area contributed by atoms with Crippen LogP contribution < -0.4 is 10.5 Å². The van der Waals surface area contributed by atoms with Crippen LogP contribution in [-0.4, -0.2) is 48.9 Å². The number of nitrogens with zero attached hydrogens (tertiary/aromatic N) is 4. The predicted molar refractivity (Wildman–Crippen MR) is 139 cm³/mol. The number of benzene rings is 1. The molecule has 1 fully saturated rings. The van der Waals surface area contributed by atoms with Crippen LogP contribution in [0.3, 0.4) is 0 Å². The van der Waals surface area contributed by atoms with Crippen LogP contribution in [0.15, 0.2) is 30.5 Å². The van der Waals surface area contributed by atoms with E-state index in [-0.39, 0.29) is 11.6 Å². The minimum atomic E-state index is -1.35. The summed E-state index contributed by atoms with van der Waals surface area (Å²) in [5.41, 5.74) is 7.57. The summed E-state index contributed by atoms with van der Waals surface area (Å²) in [6.07, 6.45) is 4.36. The fourth-order valence-corrected chi connectivity index (χ4v) is 6.28. The third-order valence-corrected chi connectivity index (χ3v) is 8.49. The fourth-order valence-electron chi connectivity index (χ4n) is 4.18. The van der Waals surface area contributed by atoms with Crippen LogP contribution in [0.4, 0.5) is 16.0 Å². The lowest BCUT2D eigenvalue weighted by Gasteiger charge is -2.33. The van der Waals surface area contributed by atoms with Gasteiger partial charge >= 0.3 is 0 Å². The Morgan fingerprint density at radius 1 is 1.26 bits per heavy atom. The molecule has 4 rings (SSSR count). The third kappa shape index (κ3) is 5.45. The second kappa shape index (κ2) is 10.9. The number of thiazole rings is 1. The van der Waals surface area contributed by atoms with Crippen LogP contribution in [0, 0.1) is 5.82 Å². The quantitative estimate of drug-likeness (QED) is 0.447. The molecule has 0 saturated carbocycles. The van der Waals surface area contributed by atoms with Crippen molar-refractivity contribution in [1.29, 1.82) is 0 Å². The summed E-state index contributed by atoms with van der Waals surface area (Å²) in [5.74, 6) is 0.453. The molecular weight excluding hydrogens is 471 g/mol. The number of hydrogen-bond acceptors (Lipinski definition) is 7. The van der Waals surface area contributed by atoms with Crippen molar-refractivity contribution >= 4 is 34.0 Å². The van der Waals surface area contributed by atoms with Crippen LogP contribution in [0.1, 0.15) is 51.0 Å². The maximum absolute atomic E-state index is 15.6. The van der Waals surface area contributed by atoms with E-state index in [1.165, 1.54) is 0 Å². The van der Waals surface area contributed by atoms with Crippen molar-refractivity contribution in [2.24, 2.45) is 0 Å². The molecule has 10 heteroatoms. The lowest BCUT2D eigenvalue weighted by molar-refractivity contribution is 0.172. The molecule has 0 aliphatic carbocycles. The van der Waals surface area contributed by atoms with Crippen LogP contribution in [0.5, 0.6) is 0 Å². The number of piperidine rings is 1. The van der Waals surface area contributed by atoms with Crippen molar-refractivity contribution in [3.05, 3.63) is 41.3 Å². The summed E-state index contributed by atoms with van der Waals surface area (Å²) in [7, 11) is -1.35. The van der Waals surface area contributed by atoms with Gasteiger partial charge in [0, 0.05) is 29.5 Å². The van der Waals surface area contributed by atoms with E-state index in [0.29, 0.717) is 34.7 Å². The molecule has 3 aromatic rings. The van der Waals surface area contributed by atoms with Gasteiger partial charge in [-0.1, -0.05) is 13.0 Å². The highest BCUT2D eigenvalue weighted by Crippen LogP contribution is 2.42. The Morgan fingerprint density at radius 3 is 2.71 bits per heavy atom. The van der Waals surface area contributed by atoms with Gasteiger partial charge in [0.2, 0.25) is 5.95 Å². The Labute approximate surface area is 206 Å². The molecule has 1 aliphatic heterocycles. The van der Waals surface area contributed by atoms with Gasteiger partial charge in [-0.25, -0.2) is 23.6 Å². The monoisotopic (exact) mass is 502 g/mol. The summed E-state index contributed by atoms with van der Waals surface area (Å²) in [5, 5.41) is 0.984. The molecule has 7 nitrogen and oxygen atoms in total. The molecule has 1 aromatic carbocycles. The van der Waals surface area contributed by atoms with Crippen LogP contribution >= 0.6 is 11.3 Å². The molecule has 0 spiro atoms. The first-order valence-electron chi connectivity index (χ1n) is 11.6. The van der Waals surface area contributed by atoms with E-state index in [9.17, 15) is 4.21 Å². The summed E-state index contributed by atoms with van der Waals surface area (Å²) < 4.78 is 30.6. The van der Waals surface area contributed by atoms with Gasteiger partial charge in [0.1, 0.15) is 11.0 Å². The predicted octanol–water partition coefficient (Wildman–Crippen LogP) is 5.06. The van der Waals surface area contributed by atoms with Gasteiger partial charge in [-0.2, -0.15) is 0 Å². The van der Waals surface area contributed by atoms with Crippen LogP contribution in [-0.2, 0) is 11.0 Å². The largest absolute Gasteiger partial charge is 0.368 e. The minimum Gasteiger partial charge on any atom is -0.368 e. The van der Waals surface area contributed by atoms with Crippen molar-refractivity contribution in [3.63, 3.8) is 0 Å². The normalized spacial score (nSPS) is 16.1. The third-order valence-electron chi connectivity index (χ3n) is 6.03. The van der Waals surface area contributed by atoms with Gasteiger partial charge in [-0.05, 0) is 64.4 Å². The number of nitrogens with one attached hydrogen (secondary N) is 1. The van der Waals surface area contributed by atoms with E-state index >= 15 is 4.39 Å². The molecule has 1 aliphatic rings. The van der Waals surface area contributed by atoms with Crippen molar-refractivity contribution in [2.45, 2.75) is 52.0 Å². The first-order chi connectivity index (χ1) is 16.4. The number of halogens is 1. The zero-order chi connectivity index (χ0) is 24.2. The number of likely N-dealkylation sites (tertiary alicyclic amines) is 1. The molecule has 1 atom stereocenters. The fraction of sp³-hybridized carbons (Fsp3) is 0.458. The van der Waals surface area contributed by atoms with E-state index in [2.05, 4.69) is 33.4 Å². The first-order valence-corrected chi connectivity index (χ1v) is 13.8. The Kier molecular flexibility index (Phi) is 7.90. The highest BCUT2D eigenvalue weighted by molar-refractivity contribution is 7.86. The molecule has 3 heterocycles. The topological polar surface area (TPSA) is 97.0 Å². The van der Waals surface area contributed by atoms with E-state index < -0.39 is 16.8 Å². The number of nitrogen functional groups attached to an aromatic ring is 1. The summed E-state index contributed by atoms with van der Waals surface area (Å²) in [6.45, 7) is 8.41. The molecule has 0 amide bonds. The molecule has 1 unspecified atom stereocenters. The highest BCUT2D eigenvalue weighted by Gasteiger charge is 2.28. The van der Waals surface area contributed by atoms with Crippen molar-refractivity contribution in [3.8, 4) is 21.8 Å². The van der Waals surface area contributed by atoms with E-state index in [1.54, 1.807) is 41.8 Å². The first kappa shape index (κ1) is 24.7. The number of aromatic nitrogens is 3. The Balaban J connectivity index is 1.74. The zero-order valence-corrected chi connectivity index (χ0v) is 21.4. The number of nitrogens with two attached hydrogens (primary N) is 1. The molecule has 1 saturated heterocycles. The number of anilines is 2. The standard InChI is InChI=1S/C24H31FN6OS2/c1-4-14-34(32)30-18-7-5-6-17(20(18)25)21-22(19-8-11-27-24(26)28-19)33-23(29-21)16-9-12-31(13-10-16)15(2)3/h5-8,11,15-16,30H,4,9-10,12-14H2,1-3H3,(H2,26,27,28). The van der Waals surface area contributed by atoms with Gasteiger partial charge in [-0.3, -0.25) is 0 Å².